The monoisotopic (exact) mass is 519 g/mol. The molecule has 3 N–H and O–H groups in total. The van der Waals surface area contributed by atoms with Crippen LogP contribution in [0.3, 0.4) is 0 Å². The van der Waals surface area contributed by atoms with Crippen molar-refractivity contribution in [2.45, 2.75) is 90.5 Å². The lowest BCUT2D eigenvalue weighted by Gasteiger charge is -2.28. The molecule has 0 aliphatic rings. The summed E-state index contributed by atoms with van der Waals surface area (Å²) < 4.78 is 15.1. The van der Waals surface area contributed by atoms with Crippen molar-refractivity contribution in [2.75, 3.05) is 33.4 Å². The van der Waals surface area contributed by atoms with E-state index in [4.69, 9.17) is 14.2 Å². The number of rotatable bonds is 15. The first-order valence-corrected chi connectivity index (χ1v) is 12.4. The van der Waals surface area contributed by atoms with E-state index < -0.39 is 28.5 Å². The summed E-state index contributed by atoms with van der Waals surface area (Å²) in [7, 11) is 1.21. The second-order valence-electron chi connectivity index (χ2n) is 10.7. The maximum Gasteiger partial charge on any atom is 0.408 e. The topological polar surface area (TPSA) is 132 Å². The molecule has 204 valence electrons. The molecular formula is C24H45N3O7S. The number of methoxy groups -OCH3 is 1. The van der Waals surface area contributed by atoms with Crippen LogP contribution in [0.15, 0.2) is 0 Å². The van der Waals surface area contributed by atoms with Gasteiger partial charge in [0, 0.05) is 36.1 Å². The molecule has 0 aromatic rings. The van der Waals surface area contributed by atoms with Gasteiger partial charge in [0.15, 0.2) is 0 Å². The van der Waals surface area contributed by atoms with Gasteiger partial charge in [0.25, 0.3) is 0 Å². The van der Waals surface area contributed by atoms with Gasteiger partial charge in [-0.25, -0.2) is 9.59 Å². The Kier molecular flexibility index (Phi) is 14.3. The number of carbonyl (C=O) groups excluding carboxylic acids is 4. The van der Waals surface area contributed by atoms with E-state index in [9.17, 15) is 19.2 Å². The quantitative estimate of drug-likeness (QED) is 0.193. The number of nitrogens with one attached hydrogen (secondary N) is 3. The second-order valence-corrected chi connectivity index (χ2v) is 11.8. The fraction of sp³-hybridized carbons (Fsp3) is 0.833. The van der Waals surface area contributed by atoms with Crippen LogP contribution in [0, 0.1) is 5.41 Å². The maximum atomic E-state index is 12.4. The van der Waals surface area contributed by atoms with Crippen LogP contribution in [0.4, 0.5) is 4.79 Å². The van der Waals surface area contributed by atoms with E-state index in [1.165, 1.54) is 7.11 Å². The summed E-state index contributed by atoms with van der Waals surface area (Å²) in [5.74, 6) is -0.994. The summed E-state index contributed by atoms with van der Waals surface area (Å²) in [6.45, 7) is 14.5. The van der Waals surface area contributed by atoms with Gasteiger partial charge in [-0.1, -0.05) is 20.8 Å². The van der Waals surface area contributed by atoms with Crippen LogP contribution < -0.4 is 16.0 Å². The molecule has 0 saturated carbocycles. The normalized spacial score (nSPS) is 14.3. The van der Waals surface area contributed by atoms with Crippen LogP contribution in [0.25, 0.3) is 0 Å². The van der Waals surface area contributed by atoms with Crippen molar-refractivity contribution in [3.63, 3.8) is 0 Å². The molecule has 10 nitrogen and oxygen atoms in total. The minimum absolute atomic E-state index is 0.00802. The molecule has 0 heterocycles. The van der Waals surface area contributed by atoms with Crippen molar-refractivity contribution in [1.29, 1.82) is 0 Å². The van der Waals surface area contributed by atoms with E-state index in [-0.39, 0.29) is 43.1 Å². The molecule has 0 radical (unpaired) electrons. The first-order valence-electron chi connectivity index (χ1n) is 11.9. The number of thiol groups is 1. The first kappa shape index (κ1) is 33.0. The van der Waals surface area contributed by atoms with Gasteiger partial charge >= 0.3 is 12.1 Å². The van der Waals surface area contributed by atoms with E-state index in [1.807, 2.05) is 27.7 Å². The Labute approximate surface area is 215 Å². The summed E-state index contributed by atoms with van der Waals surface area (Å²) in [4.78, 5) is 48.3. The van der Waals surface area contributed by atoms with Crippen molar-refractivity contribution in [3.8, 4) is 0 Å². The maximum absolute atomic E-state index is 12.4. The lowest BCUT2D eigenvalue weighted by molar-refractivity contribution is -0.143. The summed E-state index contributed by atoms with van der Waals surface area (Å²) in [5.41, 5.74) is -1.10. The molecule has 0 aliphatic heterocycles. The van der Waals surface area contributed by atoms with Gasteiger partial charge in [0.2, 0.25) is 11.8 Å². The van der Waals surface area contributed by atoms with Gasteiger partial charge in [-0.2, -0.15) is 12.6 Å². The molecule has 0 spiro atoms. The minimum Gasteiger partial charge on any atom is -0.467 e. The Balaban J connectivity index is 4.53. The molecule has 11 heteroatoms. The van der Waals surface area contributed by atoms with E-state index in [0.717, 1.165) is 6.42 Å². The average Bonchev–Trinajstić information content (AvgIpc) is 2.71. The Morgan fingerprint density at radius 2 is 1.57 bits per heavy atom. The highest BCUT2D eigenvalue weighted by Gasteiger charge is 2.28. The molecular weight excluding hydrogens is 474 g/mol. The number of hydrogen-bond donors (Lipinski definition) is 4. The van der Waals surface area contributed by atoms with E-state index >= 15 is 0 Å². The van der Waals surface area contributed by atoms with Crippen molar-refractivity contribution in [2.24, 2.45) is 5.41 Å². The SMILES string of the molecule is CCCNC(=O)CC(C)(S)COCC(C)(C)CNC(=O)CC[C@H](NC(=O)OC(C)(C)C)C(=O)OC. The fourth-order valence-corrected chi connectivity index (χ4v) is 3.10. The van der Waals surface area contributed by atoms with Crippen LogP contribution >= 0.6 is 12.6 Å². The zero-order valence-corrected chi connectivity index (χ0v) is 23.4. The van der Waals surface area contributed by atoms with Gasteiger partial charge in [-0.15, -0.1) is 0 Å². The van der Waals surface area contributed by atoms with Gasteiger partial charge in [-0.3, -0.25) is 9.59 Å². The lowest BCUT2D eigenvalue weighted by Crippen LogP contribution is -2.45. The number of esters is 1. The van der Waals surface area contributed by atoms with Crippen LogP contribution in [0.5, 0.6) is 0 Å². The zero-order valence-electron chi connectivity index (χ0n) is 22.5. The zero-order chi connectivity index (χ0) is 27.3. The standard InChI is InChI=1S/C24H45N3O7S/c1-9-12-25-19(29)13-24(7,35)16-33-15-23(5,6)14-26-18(28)11-10-17(20(30)32-8)27-21(31)34-22(2,3)4/h17,35H,9-16H2,1-8H3,(H,25,29)(H,26,28)(H,27,31)/t17-,24?/m0/s1. The molecule has 0 saturated heterocycles. The highest BCUT2D eigenvalue weighted by Crippen LogP contribution is 2.21. The third-order valence-electron chi connectivity index (χ3n) is 4.62. The van der Waals surface area contributed by atoms with Crippen molar-refractivity contribution in [3.05, 3.63) is 0 Å². The highest BCUT2D eigenvalue weighted by atomic mass is 32.1. The summed E-state index contributed by atoms with van der Waals surface area (Å²) in [5, 5.41) is 8.11. The van der Waals surface area contributed by atoms with Crippen LogP contribution in [0.2, 0.25) is 0 Å². The minimum atomic E-state index is -1.00. The molecule has 2 atom stereocenters. The second kappa shape index (κ2) is 15.2. The first-order chi connectivity index (χ1) is 16.0. The van der Waals surface area contributed by atoms with E-state index in [0.29, 0.717) is 19.7 Å². The van der Waals surface area contributed by atoms with Crippen LogP contribution in [-0.2, 0) is 28.6 Å². The molecule has 0 aromatic heterocycles. The van der Waals surface area contributed by atoms with Gasteiger partial charge < -0.3 is 30.2 Å². The molecule has 0 aromatic carbocycles. The Morgan fingerprint density at radius 1 is 0.943 bits per heavy atom. The largest absolute Gasteiger partial charge is 0.467 e. The number of hydrogen-bond acceptors (Lipinski definition) is 8. The molecule has 35 heavy (non-hydrogen) atoms. The smallest absolute Gasteiger partial charge is 0.408 e. The van der Waals surface area contributed by atoms with Gasteiger partial charge in [0.05, 0.1) is 20.3 Å². The number of alkyl carbamates (subject to hydrolysis) is 1. The average molecular weight is 520 g/mol. The van der Waals surface area contributed by atoms with Gasteiger partial charge in [-0.05, 0) is 40.5 Å². The van der Waals surface area contributed by atoms with E-state index in [1.54, 1.807) is 20.8 Å². The third-order valence-corrected chi connectivity index (χ3v) is 4.91. The van der Waals surface area contributed by atoms with Gasteiger partial charge in [0.1, 0.15) is 11.6 Å². The van der Waals surface area contributed by atoms with E-state index in [2.05, 4.69) is 28.6 Å². The molecule has 0 rings (SSSR count). The summed E-state index contributed by atoms with van der Waals surface area (Å²) in [6, 6.07) is -1.00. The van der Waals surface area contributed by atoms with Crippen LogP contribution in [-0.4, -0.2) is 73.7 Å². The van der Waals surface area contributed by atoms with Crippen molar-refractivity contribution >= 4 is 36.5 Å². The third kappa shape index (κ3) is 17.1. The molecule has 3 amide bonds. The molecule has 0 bridgehead atoms. The van der Waals surface area contributed by atoms with Crippen molar-refractivity contribution < 1.29 is 33.4 Å². The Bertz CT molecular complexity index is 706. The summed E-state index contributed by atoms with van der Waals surface area (Å²) in [6.07, 6.45) is 0.424. The predicted octanol–water partition coefficient (Wildman–Crippen LogP) is 2.60. The molecule has 1 unspecified atom stereocenters. The Morgan fingerprint density at radius 3 is 2.11 bits per heavy atom. The molecule has 0 fully saturated rings. The number of ether oxygens (including phenoxy) is 3. The van der Waals surface area contributed by atoms with Crippen LogP contribution in [0.1, 0.15) is 74.1 Å². The molecule has 0 aliphatic carbocycles. The predicted molar refractivity (Wildman–Crippen MR) is 137 cm³/mol. The fourth-order valence-electron chi connectivity index (χ4n) is 2.86. The summed E-state index contributed by atoms with van der Waals surface area (Å²) >= 11 is 4.55. The number of carbonyl (C=O) groups is 4. The van der Waals surface area contributed by atoms with Crippen molar-refractivity contribution in [1.82, 2.24) is 16.0 Å². The Hall–Kier alpha value is -2.01. The lowest BCUT2D eigenvalue weighted by atomic mass is 9.94. The number of amides is 3. The highest BCUT2D eigenvalue weighted by molar-refractivity contribution is 7.81.